The summed E-state index contributed by atoms with van der Waals surface area (Å²) >= 11 is 1.35. The van der Waals surface area contributed by atoms with E-state index >= 15 is 0 Å². The fourth-order valence-electron chi connectivity index (χ4n) is 2.05. The molecule has 0 bridgehead atoms. The van der Waals surface area contributed by atoms with Crippen molar-refractivity contribution >= 4 is 28.8 Å². The van der Waals surface area contributed by atoms with E-state index in [-0.39, 0.29) is 17.7 Å². The number of nitrogens with one attached hydrogen (secondary N) is 2. The summed E-state index contributed by atoms with van der Waals surface area (Å²) in [4.78, 5) is 25.2. The Morgan fingerprint density at radius 3 is 2.35 bits per heavy atom. The lowest BCUT2D eigenvalue weighted by molar-refractivity contribution is -0.118. The summed E-state index contributed by atoms with van der Waals surface area (Å²) in [5, 5.41) is 7.45. The molecule has 0 spiro atoms. The van der Waals surface area contributed by atoms with Gasteiger partial charge in [0.2, 0.25) is 5.91 Å². The minimum absolute atomic E-state index is 0.0304. The highest BCUT2D eigenvalue weighted by atomic mass is 32.1. The number of hydrogen-bond donors (Lipinski definition) is 2. The van der Waals surface area contributed by atoms with Gasteiger partial charge in [0, 0.05) is 5.69 Å². The molecule has 2 aromatic rings. The molecule has 0 aliphatic rings. The van der Waals surface area contributed by atoms with Crippen LogP contribution in [0.25, 0.3) is 0 Å². The molecule has 5 nitrogen and oxygen atoms in total. The number of hydrogen-bond acceptors (Lipinski definition) is 4. The Hall–Kier alpha value is -2.34. The molecule has 2 amide bonds. The third-order valence-electron chi connectivity index (χ3n) is 3.34. The average Bonchev–Trinajstić information content (AvgIpc) is 3.07. The van der Waals surface area contributed by atoms with E-state index in [1.54, 1.807) is 43.5 Å². The first-order valence-electron chi connectivity index (χ1n) is 7.30. The number of rotatable bonds is 6. The fraction of sp³-hybridized carbons (Fsp3) is 0.294. The van der Waals surface area contributed by atoms with Gasteiger partial charge in [0.1, 0.15) is 11.8 Å². The van der Waals surface area contributed by atoms with Crippen LogP contribution in [-0.2, 0) is 4.79 Å². The number of anilines is 1. The van der Waals surface area contributed by atoms with Crippen LogP contribution in [0.1, 0.15) is 23.5 Å². The van der Waals surface area contributed by atoms with E-state index in [1.165, 1.54) is 11.3 Å². The molecule has 0 saturated carbocycles. The Morgan fingerprint density at radius 2 is 1.83 bits per heavy atom. The Balaban J connectivity index is 2.04. The number of thiophene rings is 1. The SMILES string of the molecule is COc1ccc(NC(=O)[C@H](NC(=O)c2cccs2)C(C)C)cc1. The van der Waals surface area contributed by atoms with Crippen LogP contribution in [0, 0.1) is 5.92 Å². The van der Waals surface area contributed by atoms with Crippen LogP contribution >= 0.6 is 11.3 Å². The molecular formula is C17H20N2O3S. The Kier molecular flexibility index (Phi) is 5.76. The van der Waals surface area contributed by atoms with E-state index in [9.17, 15) is 9.59 Å². The highest BCUT2D eigenvalue weighted by Gasteiger charge is 2.25. The van der Waals surface area contributed by atoms with Gasteiger partial charge in [-0.15, -0.1) is 11.3 Å². The second-order valence-corrected chi connectivity index (χ2v) is 6.34. The third-order valence-corrected chi connectivity index (χ3v) is 4.21. The normalized spacial score (nSPS) is 11.8. The molecule has 2 rings (SSSR count). The zero-order chi connectivity index (χ0) is 16.8. The van der Waals surface area contributed by atoms with Crippen LogP contribution in [-0.4, -0.2) is 25.0 Å². The summed E-state index contributed by atoms with van der Waals surface area (Å²) in [6.45, 7) is 3.79. The molecule has 6 heteroatoms. The lowest BCUT2D eigenvalue weighted by Crippen LogP contribution is -2.46. The molecule has 0 unspecified atom stereocenters. The monoisotopic (exact) mass is 332 g/mol. The van der Waals surface area contributed by atoms with Gasteiger partial charge in [-0.05, 0) is 41.6 Å². The van der Waals surface area contributed by atoms with Crippen molar-refractivity contribution < 1.29 is 14.3 Å². The number of amides is 2. The maximum absolute atomic E-state index is 12.5. The minimum Gasteiger partial charge on any atom is -0.497 e. The van der Waals surface area contributed by atoms with E-state index in [2.05, 4.69) is 10.6 Å². The molecule has 1 heterocycles. The first-order chi connectivity index (χ1) is 11.0. The van der Waals surface area contributed by atoms with Gasteiger partial charge in [-0.1, -0.05) is 19.9 Å². The van der Waals surface area contributed by atoms with Gasteiger partial charge in [-0.25, -0.2) is 0 Å². The van der Waals surface area contributed by atoms with Crippen LogP contribution in [0.5, 0.6) is 5.75 Å². The topological polar surface area (TPSA) is 67.4 Å². The van der Waals surface area contributed by atoms with Gasteiger partial charge in [-0.2, -0.15) is 0 Å². The molecule has 1 aromatic heterocycles. The highest BCUT2D eigenvalue weighted by molar-refractivity contribution is 7.12. The summed E-state index contributed by atoms with van der Waals surface area (Å²) in [7, 11) is 1.59. The molecule has 2 N–H and O–H groups in total. The predicted octanol–water partition coefficient (Wildman–Crippen LogP) is 3.15. The van der Waals surface area contributed by atoms with Gasteiger partial charge in [0.05, 0.1) is 12.0 Å². The van der Waals surface area contributed by atoms with Crippen molar-refractivity contribution in [2.75, 3.05) is 12.4 Å². The maximum Gasteiger partial charge on any atom is 0.262 e. The number of methoxy groups -OCH3 is 1. The van der Waals surface area contributed by atoms with Crippen LogP contribution in [0.2, 0.25) is 0 Å². The van der Waals surface area contributed by atoms with Crippen molar-refractivity contribution in [2.24, 2.45) is 5.92 Å². The van der Waals surface area contributed by atoms with Gasteiger partial charge in [-0.3, -0.25) is 9.59 Å². The molecule has 0 fully saturated rings. The van der Waals surface area contributed by atoms with Crippen molar-refractivity contribution in [1.29, 1.82) is 0 Å². The van der Waals surface area contributed by atoms with Crippen molar-refractivity contribution in [1.82, 2.24) is 5.32 Å². The molecule has 0 radical (unpaired) electrons. The summed E-state index contributed by atoms with van der Waals surface area (Å²) in [5.74, 6) is 0.213. The quantitative estimate of drug-likeness (QED) is 0.854. The third kappa shape index (κ3) is 4.56. The Labute approximate surface area is 139 Å². The molecule has 122 valence electrons. The van der Waals surface area contributed by atoms with Gasteiger partial charge >= 0.3 is 0 Å². The lowest BCUT2D eigenvalue weighted by Gasteiger charge is -2.21. The summed E-state index contributed by atoms with van der Waals surface area (Å²) < 4.78 is 5.09. The van der Waals surface area contributed by atoms with Crippen molar-refractivity contribution in [3.05, 3.63) is 46.7 Å². The Morgan fingerprint density at radius 1 is 1.13 bits per heavy atom. The second-order valence-electron chi connectivity index (χ2n) is 5.39. The molecule has 1 aromatic carbocycles. The van der Waals surface area contributed by atoms with E-state index in [0.29, 0.717) is 10.6 Å². The van der Waals surface area contributed by atoms with E-state index in [1.807, 2.05) is 19.2 Å². The zero-order valence-corrected chi connectivity index (χ0v) is 14.1. The Bertz CT molecular complexity index is 651. The molecule has 0 aliphatic heterocycles. The predicted molar refractivity (Wildman–Crippen MR) is 92.0 cm³/mol. The van der Waals surface area contributed by atoms with Crippen LogP contribution in [0.15, 0.2) is 41.8 Å². The lowest BCUT2D eigenvalue weighted by atomic mass is 10.0. The summed E-state index contributed by atoms with van der Waals surface area (Å²) in [5.41, 5.74) is 0.659. The van der Waals surface area contributed by atoms with Crippen molar-refractivity contribution in [3.63, 3.8) is 0 Å². The largest absolute Gasteiger partial charge is 0.497 e. The number of carbonyl (C=O) groups is 2. The maximum atomic E-state index is 12.5. The van der Waals surface area contributed by atoms with Crippen molar-refractivity contribution in [3.8, 4) is 5.75 Å². The summed E-state index contributed by atoms with van der Waals surface area (Å²) in [6, 6.07) is 9.99. The number of ether oxygens (including phenoxy) is 1. The van der Waals surface area contributed by atoms with Gasteiger partial charge in [0.25, 0.3) is 5.91 Å². The molecule has 1 atom stereocenters. The van der Waals surface area contributed by atoms with Crippen LogP contribution < -0.4 is 15.4 Å². The molecule has 0 saturated heterocycles. The minimum atomic E-state index is -0.605. The molecule has 0 aliphatic carbocycles. The second kappa shape index (κ2) is 7.78. The van der Waals surface area contributed by atoms with E-state index in [4.69, 9.17) is 4.74 Å². The van der Waals surface area contributed by atoms with Gasteiger partial charge in [0.15, 0.2) is 0 Å². The van der Waals surface area contributed by atoms with Gasteiger partial charge < -0.3 is 15.4 Å². The number of benzene rings is 1. The smallest absolute Gasteiger partial charge is 0.262 e. The standard InChI is InChI=1S/C17H20N2O3S/c1-11(2)15(19-16(20)14-5-4-10-23-14)17(21)18-12-6-8-13(22-3)9-7-12/h4-11,15H,1-3H3,(H,18,21)(H,19,20)/t15-/m1/s1. The average molecular weight is 332 g/mol. The number of carbonyl (C=O) groups excluding carboxylic acids is 2. The van der Waals surface area contributed by atoms with Crippen molar-refractivity contribution in [2.45, 2.75) is 19.9 Å². The zero-order valence-electron chi connectivity index (χ0n) is 13.3. The molecular weight excluding hydrogens is 312 g/mol. The fourth-order valence-corrected chi connectivity index (χ4v) is 2.68. The molecule has 23 heavy (non-hydrogen) atoms. The first-order valence-corrected chi connectivity index (χ1v) is 8.18. The van der Waals surface area contributed by atoms with E-state index < -0.39 is 6.04 Å². The van der Waals surface area contributed by atoms with Crippen LogP contribution in [0.3, 0.4) is 0 Å². The van der Waals surface area contributed by atoms with Crippen LogP contribution in [0.4, 0.5) is 5.69 Å². The highest BCUT2D eigenvalue weighted by Crippen LogP contribution is 2.16. The first kappa shape index (κ1) is 17.0. The summed E-state index contributed by atoms with van der Waals surface area (Å²) in [6.07, 6.45) is 0. The van der Waals surface area contributed by atoms with E-state index in [0.717, 1.165) is 5.75 Å².